The minimum absolute atomic E-state index is 0.0170. The van der Waals surface area contributed by atoms with Crippen LogP contribution in [0.5, 0.6) is 5.75 Å². The average molecular weight is 404 g/mol. The first-order chi connectivity index (χ1) is 11.6. The van der Waals surface area contributed by atoms with Crippen LogP contribution in [-0.4, -0.2) is 24.5 Å². The Bertz CT molecular complexity index is 848. The van der Waals surface area contributed by atoms with Crippen LogP contribution in [0.2, 0.25) is 0 Å². The molecular formula is C19H18BrNO2S. The van der Waals surface area contributed by atoms with Crippen molar-refractivity contribution in [1.82, 2.24) is 4.90 Å². The predicted molar refractivity (Wildman–Crippen MR) is 103 cm³/mol. The second-order valence-electron chi connectivity index (χ2n) is 5.58. The summed E-state index contributed by atoms with van der Waals surface area (Å²) < 4.78 is 6.64. The predicted octanol–water partition coefficient (Wildman–Crippen LogP) is 5.26. The van der Waals surface area contributed by atoms with E-state index in [-0.39, 0.29) is 18.6 Å². The van der Waals surface area contributed by atoms with Crippen LogP contribution in [0.4, 0.5) is 0 Å². The summed E-state index contributed by atoms with van der Waals surface area (Å²) in [6.07, 6.45) is 0. The van der Waals surface area contributed by atoms with E-state index in [1.54, 1.807) is 16.2 Å². The minimum Gasteiger partial charge on any atom is -0.483 e. The normalized spacial score (nSPS) is 12.1. The number of halogens is 1. The number of hydrogen-bond donors (Lipinski definition) is 0. The second kappa shape index (κ2) is 7.36. The number of carbonyl (C=O) groups is 1. The SMILES string of the molecule is C[C@@H](c1cccs1)N(C)C(=O)COc1ccc2ccccc2c1Br. The van der Waals surface area contributed by atoms with Gasteiger partial charge in [0.15, 0.2) is 6.61 Å². The summed E-state index contributed by atoms with van der Waals surface area (Å²) in [5, 5.41) is 4.22. The number of hydrogen-bond acceptors (Lipinski definition) is 3. The zero-order valence-electron chi connectivity index (χ0n) is 13.5. The molecule has 124 valence electrons. The van der Waals surface area contributed by atoms with Crippen molar-refractivity contribution in [3.05, 3.63) is 63.3 Å². The highest BCUT2D eigenvalue weighted by molar-refractivity contribution is 9.10. The quantitative estimate of drug-likeness (QED) is 0.581. The third kappa shape index (κ3) is 3.47. The summed E-state index contributed by atoms with van der Waals surface area (Å²) in [5.74, 6) is 0.634. The van der Waals surface area contributed by atoms with Crippen molar-refractivity contribution in [3.63, 3.8) is 0 Å². The first-order valence-electron chi connectivity index (χ1n) is 7.67. The third-order valence-electron chi connectivity index (χ3n) is 4.11. The molecule has 0 saturated carbocycles. The molecule has 3 aromatic rings. The molecule has 0 unspecified atom stereocenters. The molecule has 1 aromatic heterocycles. The smallest absolute Gasteiger partial charge is 0.260 e. The molecule has 0 aliphatic heterocycles. The van der Waals surface area contributed by atoms with Gasteiger partial charge in [-0.15, -0.1) is 11.3 Å². The van der Waals surface area contributed by atoms with Crippen molar-refractivity contribution in [2.75, 3.05) is 13.7 Å². The molecule has 0 aliphatic rings. The van der Waals surface area contributed by atoms with Crippen molar-refractivity contribution < 1.29 is 9.53 Å². The Balaban J connectivity index is 1.69. The Labute approximate surface area is 154 Å². The standard InChI is InChI=1S/C19H18BrNO2S/c1-13(17-8-5-11-24-17)21(2)18(22)12-23-16-10-9-14-6-3-4-7-15(14)19(16)20/h3-11,13H,12H2,1-2H3/t13-/m0/s1. The van der Waals surface area contributed by atoms with Crippen LogP contribution in [0.3, 0.4) is 0 Å². The fourth-order valence-corrected chi connectivity index (χ4v) is 3.94. The van der Waals surface area contributed by atoms with Gasteiger partial charge in [-0.3, -0.25) is 4.79 Å². The van der Waals surface area contributed by atoms with E-state index in [0.29, 0.717) is 5.75 Å². The third-order valence-corrected chi connectivity index (χ3v) is 5.97. The number of ether oxygens (including phenoxy) is 1. The molecule has 1 amide bonds. The van der Waals surface area contributed by atoms with E-state index in [1.807, 2.05) is 67.9 Å². The van der Waals surface area contributed by atoms with Crippen molar-refractivity contribution >= 4 is 43.9 Å². The fourth-order valence-electron chi connectivity index (χ4n) is 2.50. The van der Waals surface area contributed by atoms with E-state index in [2.05, 4.69) is 15.9 Å². The van der Waals surface area contributed by atoms with E-state index in [9.17, 15) is 4.79 Å². The van der Waals surface area contributed by atoms with Crippen LogP contribution in [-0.2, 0) is 4.79 Å². The number of likely N-dealkylation sites (N-methyl/N-ethyl adjacent to an activating group) is 1. The second-order valence-corrected chi connectivity index (χ2v) is 7.36. The van der Waals surface area contributed by atoms with E-state index in [0.717, 1.165) is 20.1 Å². The molecule has 0 bridgehead atoms. The van der Waals surface area contributed by atoms with Gasteiger partial charge in [-0.1, -0.05) is 36.4 Å². The Kier molecular flexibility index (Phi) is 5.21. The summed E-state index contributed by atoms with van der Waals surface area (Å²) in [7, 11) is 1.81. The minimum atomic E-state index is -0.0454. The lowest BCUT2D eigenvalue weighted by Gasteiger charge is -2.24. The zero-order valence-corrected chi connectivity index (χ0v) is 15.9. The van der Waals surface area contributed by atoms with Crippen molar-refractivity contribution in [2.45, 2.75) is 13.0 Å². The van der Waals surface area contributed by atoms with Gasteiger partial charge in [-0.05, 0) is 51.1 Å². The molecule has 1 heterocycles. The highest BCUT2D eigenvalue weighted by Gasteiger charge is 2.19. The summed E-state index contributed by atoms with van der Waals surface area (Å²) in [4.78, 5) is 15.3. The number of carbonyl (C=O) groups excluding carboxylic acids is 1. The Morgan fingerprint density at radius 3 is 2.75 bits per heavy atom. The van der Waals surface area contributed by atoms with Crippen LogP contribution in [0.25, 0.3) is 10.8 Å². The van der Waals surface area contributed by atoms with Gasteiger partial charge in [0.05, 0.1) is 10.5 Å². The number of fused-ring (bicyclic) bond motifs is 1. The summed E-state index contributed by atoms with van der Waals surface area (Å²) in [6, 6.07) is 16.0. The van der Waals surface area contributed by atoms with Crippen molar-refractivity contribution in [2.24, 2.45) is 0 Å². The van der Waals surface area contributed by atoms with E-state index in [4.69, 9.17) is 4.74 Å². The molecule has 0 spiro atoms. The van der Waals surface area contributed by atoms with Crippen molar-refractivity contribution in [3.8, 4) is 5.75 Å². The number of thiophene rings is 1. The molecule has 0 saturated heterocycles. The molecule has 0 N–H and O–H groups in total. The molecule has 0 fully saturated rings. The highest BCUT2D eigenvalue weighted by Crippen LogP contribution is 2.33. The molecule has 3 nitrogen and oxygen atoms in total. The van der Waals surface area contributed by atoms with Gasteiger partial charge in [-0.2, -0.15) is 0 Å². The molecule has 0 radical (unpaired) electrons. The Morgan fingerprint density at radius 2 is 2.00 bits per heavy atom. The first kappa shape index (κ1) is 17.0. The Morgan fingerprint density at radius 1 is 1.21 bits per heavy atom. The van der Waals surface area contributed by atoms with Crippen LogP contribution in [0, 0.1) is 0 Å². The Hall–Kier alpha value is -1.85. The number of nitrogens with zero attached hydrogens (tertiary/aromatic N) is 1. The van der Waals surface area contributed by atoms with Gasteiger partial charge < -0.3 is 9.64 Å². The van der Waals surface area contributed by atoms with Crippen LogP contribution in [0.15, 0.2) is 58.4 Å². The van der Waals surface area contributed by atoms with Crippen molar-refractivity contribution in [1.29, 1.82) is 0 Å². The van der Waals surface area contributed by atoms with Gasteiger partial charge in [0.2, 0.25) is 0 Å². The molecule has 3 rings (SSSR count). The number of benzene rings is 2. The van der Waals surface area contributed by atoms with Gasteiger partial charge in [0.1, 0.15) is 5.75 Å². The van der Waals surface area contributed by atoms with Gasteiger partial charge >= 0.3 is 0 Å². The molecule has 5 heteroatoms. The lowest BCUT2D eigenvalue weighted by molar-refractivity contribution is -0.133. The maximum atomic E-state index is 12.4. The largest absolute Gasteiger partial charge is 0.483 e. The molecular weight excluding hydrogens is 386 g/mol. The van der Waals surface area contributed by atoms with Gasteiger partial charge in [-0.25, -0.2) is 0 Å². The number of rotatable bonds is 5. The summed E-state index contributed by atoms with van der Waals surface area (Å²) in [6.45, 7) is 2.04. The van der Waals surface area contributed by atoms with E-state index < -0.39 is 0 Å². The summed E-state index contributed by atoms with van der Waals surface area (Å²) >= 11 is 5.23. The van der Waals surface area contributed by atoms with E-state index >= 15 is 0 Å². The van der Waals surface area contributed by atoms with Crippen LogP contribution >= 0.6 is 27.3 Å². The lowest BCUT2D eigenvalue weighted by atomic mass is 10.1. The zero-order chi connectivity index (χ0) is 17.1. The summed E-state index contributed by atoms with van der Waals surface area (Å²) in [5.41, 5.74) is 0. The maximum Gasteiger partial charge on any atom is 0.260 e. The maximum absolute atomic E-state index is 12.4. The van der Waals surface area contributed by atoms with Crippen LogP contribution < -0.4 is 4.74 Å². The molecule has 24 heavy (non-hydrogen) atoms. The lowest BCUT2D eigenvalue weighted by Crippen LogP contribution is -2.33. The topological polar surface area (TPSA) is 29.5 Å². The highest BCUT2D eigenvalue weighted by atomic mass is 79.9. The van der Waals surface area contributed by atoms with Gasteiger partial charge in [0, 0.05) is 11.9 Å². The first-order valence-corrected chi connectivity index (χ1v) is 9.34. The number of amides is 1. The molecule has 2 aromatic carbocycles. The monoisotopic (exact) mass is 403 g/mol. The van der Waals surface area contributed by atoms with E-state index in [1.165, 1.54) is 0 Å². The van der Waals surface area contributed by atoms with Crippen LogP contribution in [0.1, 0.15) is 17.8 Å². The molecule has 1 atom stereocenters. The average Bonchev–Trinajstić information content (AvgIpc) is 3.14. The fraction of sp³-hybridized carbons (Fsp3) is 0.211. The van der Waals surface area contributed by atoms with Gasteiger partial charge in [0.25, 0.3) is 5.91 Å². The molecule has 0 aliphatic carbocycles.